The van der Waals surface area contributed by atoms with E-state index in [-0.39, 0.29) is 6.10 Å². The summed E-state index contributed by atoms with van der Waals surface area (Å²) in [6.45, 7) is 5.16. The van der Waals surface area contributed by atoms with E-state index in [0.717, 1.165) is 49.4 Å². The molecule has 0 fully saturated rings. The summed E-state index contributed by atoms with van der Waals surface area (Å²) in [5.41, 5.74) is 2.44. The number of rotatable bonds is 9. The minimum absolute atomic E-state index is 0.157. The highest BCUT2D eigenvalue weighted by atomic mass is 16.6. The fourth-order valence-corrected chi connectivity index (χ4v) is 3.15. The van der Waals surface area contributed by atoms with Crippen LogP contribution in [0.15, 0.2) is 59.8 Å². The Kier molecular flexibility index (Phi) is 6.67. The molecule has 0 spiro atoms. The van der Waals surface area contributed by atoms with Crippen molar-refractivity contribution in [2.75, 3.05) is 6.54 Å². The van der Waals surface area contributed by atoms with E-state index in [1.807, 2.05) is 42.5 Å². The van der Waals surface area contributed by atoms with Crippen LogP contribution in [0.3, 0.4) is 0 Å². The third kappa shape index (κ3) is 5.09. The smallest absolute Gasteiger partial charge is 0.145 e. The predicted octanol–water partition coefficient (Wildman–Crippen LogP) is 5.46. The number of hydrogen-bond acceptors (Lipinski definition) is 4. The van der Waals surface area contributed by atoms with Crippen LogP contribution in [0, 0.1) is 0 Å². The maximum Gasteiger partial charge on any atom is 0.145 e. The van der Waals surface area contributed by atoms with Crippen molar-refractivity contribution in [3.8, 4) is 11.5 Å². The number of oxime groups is 1. The van der Waals surface area contributed by atoms with Crippen LogP contribution in [-0.4, -0.2) is 18.4 Å². The summed E-state index contributed by atoms with van der Waals surface area (Å²) < 4.78 is 5.88. The molecule has 1 aliphatic rings. The van der Waals surface area contributed by atoms with Crippen LogP contribution in [0.2, 0.25) is 0 Å². The van der Waals surface area contributed by atoms with Gasteiger partial charge < -0.3 is 14.9 Å². The molecule has 4 nitrogen and oxygen atoms in total. The van der Waals surface area contributed by atoms with Crippen LogP contribution in [0.25, 0.3) is 0 Å². The van der Waals surface area contributed by atoms with Crippen molar-refractivity contribution in [2.45, 2.75) is 51.7 Å². The van der Waals surface area contributed by atoms with Gasteiger partial charge in [0.15, 0.2) is 0 Å². The lowest BCUT2D eigenvalue weighted by Crippen LogP contribution is -2.30. The molecule has 26 heavy (non-hydrogen) atoms. The maximum absolute atomic E-state index is 5.88. The second-order valence-electron chi connectivity index (χ2n) is 6.68. The van der Waals surface area contributed by atoms with Gasteiger partial charge in [0.2, 0.25) is 0 Å². The zero-order valence-corrected chi connectivity index (χ0v) is 15.7. The lowest BCUT2D eigenvalue weighted by atomic mass is 10.0. The summed E-state index contributed by atoms with van der Waals surface area (Å²) in [5, 5.41) is 7.80. The summed E-state index contributed by atoms with van der Waals surface area (Å²) in [4.78, 5) is 5.51. The molecule has 1 heterocycles. The third-order valence-corrected chi connectivity index (χ3v) is 4.63. The highest BCUT2D eigenvalue weighted by molar-refractivity contribution is 5.85. The molecular formula is C22H28N2O2. The molecular weight excluding hydrogens is 324 g/mol. The lowest BCUT2D eigenvalue weighted by molar-refractivity contribution is 0.0823. The second kappa shape index (κ2) is 9.39. The molecule has 1 aliphatic heterocycles. The van der Waals surface area contributed by atoms with Gasteiger partial charge >= 0.3 is 0 Å². The first-order valence-corrected chi connectivity index (χ1v) is 9.56. The van der Waals surface area contributed by atoms with Gasteiger partial charge in [0, 0.05) is 19.0 Å². The quantitative estimate of drug-likeness (QED) is 0.651. The number of benzene rings is 2. The molecule has 2 aromatic rings. The number of para-hydroxylation sites is 1. The van der Waals surface area contributed by atoms with E-state index < -0.39 is 0 Å². The lowest BCUT2D eigenvalue weighted by Gasteiger charge is -2.20. The fraction of sp³-hybridized carbons (Fsp3) is 0.409. The summed E-state index contributed by atoms with van der Waals surface area (Å²) >= 11 is 0. The zero-order valence-electron chi connectivity index (χ0n) is 15.7. The molecule has 0 saturated heterocycles. The molecule has 0 bridgehead atoms. The second-order valence-corrected chi connectivity index (χ2v) is 6.68. The number of nitrogens with one attached hydrogen (secondary N) is 1. The van der Waals surface area contributed by atoms with E-state index in [4.69, 9.17) is 9.57 Å². The van der Waals surface area contributed by atoms with Gasteiger partial charge in [0.25, 0.3) is 0 Å². The van der Waals surface area contributed by atoms with Gasteiger partial charge in [-0.2, -0.15) is 0 Å². The molecule has 2 aromatic carbocycles. The minimum Gasteiger partial charge on any atom is -0.457 e. The first kappa shape index (κ1) is 18.5. The minimum atomic E-state index is 0.157. The van der Waals surface area contributed by atoms with Crippen LogP contribution >= 0.6 is 0 Å². The molecule has 0 aliphatic carbocycles. The average molecular weight is 352 g/mol. The number of nitrogens with zero attached hydrogens (tertiary/aromatic N) is 1. The normalized spacial score (nSPS) is 17.5. The molecule has 0 amide bonds. The SMILES string of the molecule is CCCC(NCC1CC(CC)=NO1)c1ccc(Oc2ccccc2)cc1. The Hall–Kier alpha value is -2.33. The zero-order chi connectivity index (χ0) is 18.2. The average Bonchev–Trinajstić information content (AvgIpc) is 3.15. The van der Waals surface area contributed by atoms with E-state index in [1.165, 1.54) is 5.56 Å². The van der Waals surface area contributed by atoms with E-state index in [0.29, 0.717) is 6.04 Å². The Balaban J connectivity index is 1.57. The number of hydrogen-bond donors (Lipinski definition) is 1. The van der Waals surface area contributed by atoms with Gasteiger partial charge in [-0.15, -0.1) is 0 Å². The molecule has 1 N–H and O–H groups in total. The first-order chi connectivity index (χ1) is 12.8. The van der Waals surface area contributed by atoms with Gasteiger partial charge in [0.05, 0.1) is 5.71 Å². The fourth-order valence-electron chi connectivity index (χ4n) is 3.15. The van der Waals surface area contributed by atoms with E-state index in [9.17, 15) is 0 Å². The van der Waals surface area contributed by atoms with Crippen molar-refractivity contribution in [1.29, 1.82) is 0 Å². The molecule has 138 valence electrons. The van der Waals surface area contributed by atoms with Gasteiger partial charge in [-0.05, 0) is 42.7 Å². The highest BCUT2D eigenvalue weighted by Crippen LogP contribution is 2.25. The number of ether oxygens (including phenoxy) is 1. The van der Waals surface area contributed by atoms with E-state index in [1.54, 1.807) is 0 Å². The van der Waals surface area contributed by atoms with Crippen molar-refractivity contribution in [1.82, 2.24) is 5.32 Å². The monoisotopic (exact) mass is 352 g/mol. The van der Waals surface area contributed by atoms with Crippen LogP contribution in [0.1, 0.15) is 51.1 Å². The standard InChI is InChI=1S/C22H28N2O2/c1-3-8-22(23-16-21-15-18(4-2)24-26-21)17-11-13-20(14-12-17)25-19-9-6-5-7-10-19/h5-7,9-14,21-23H,3-4,8,15-16H2,1-2H3. The van der Waals surface area contributed by atoms with Crippen molar-refractivity contribution >= 4 is 5.71 Å². The molecule has 0 radical (unpaired) electrons. The van der Waals surface area contributed by atoms with Crippen LogP contribution in [0.5, 0.6) is 11.5 Å². The maximum atomic E-state index is 5.88. The van der Waals surface area contributed by atoms with Crippen LogP contribution < -0.4 is 10.1 Å². The Bertz CT molecular complexity index is 698. The molecule has 0 saturated carbocycles. The first-order valence-electron chi connectivity index (χ1n) is 9.56. The Morgan fingerprint density at radius 1 is 1.08 bits per heavy atom. The summed E-state index contributed by atoms with van der Waals surface area (Å²) in [6.07, 6.45) is 4.28. The van der Waals surface area contributed by atoms with Gasteiger partial charge in [-0.1, -0.05) is 55.8 Å². The van der Waals surface area contributed by atoms with E-state index >= 15 is 0 Å². The van der Waals surface area contributed by atoms with E-state index in [2.05, 4.69) is 36.5 Å². The predicted molar refractivity (Wildman–Crippen MR) is 106 cm³/mol. The summed E-state index contributed by atoms with van der Waals surface area (Å²) in [5.74, 6) is 1.71. The molecule has 2 atom stereocenters. The van der Waals surface area contributed by atoms with Gasteiger partial charge in [-0.25, -0.2) is 0 Å². The largest absolute Gasteiger partial charge is 0.457 e. The van der Waals surface area contributed by atoms with Crippen molar-refractivity contribution in [3.63, 3.8) is 0 Å². The summed E-state index contributed by atoms with van der Waals surface area (Å²) in [7, 11) is 0. The van der Waals surface area contributed by atoms with Gasteiger partial charge in [-0.3, -0.25) is 0 Å². The van der Waals surface area contributed by atoms with Crippen molar-refractivity contribution in [3.05, 3.63) is 60.2 Å². The van der Waals surface area contributed by atoms with Crippen molar-refractivity contribution < 1.29 is 9.57 Å². The van der Waals surface area contributed by atoms with Gasteiger partial charge in [0.1, 0.15) is 17.6 Å². The Morgan fingerprint density at radius 3 is 2.46 bits per heavy atom. The summed E-state index contributed by atoms with van der Waals surface area (Å²) in [6, 6.07) is 18.6. The molecule has 0 aromatic heterocycles. The topological polar surface area (TPSA) is 42.9 Å². The Morgan fingerprint density at radius 2 is 1.81 bits per heavy atom. The molecule has 2 unspecified atom stereocenters. The van der Waals surface area contributed by atoms with Crippen LogP contribution in [-0.2, 0) is 4.84 Å². The molecule has 3 rings (SSSR count). The molecule has 4 heteroatoms. The third-order valence-electron chi connectivity index (χ3n) is 4.63. The Labute approximate surface area is 156 Å². The van der Waals surface area contributed by atoms with Crippen LogP contribution in [0.4, 0.5) is 0 Å². The van der Waals surface area contributed by atoms with Crippen molar-refractivity contribution in [2.24, 2.45) is 5.16 Å². The highest BCUT2D eigenvalue weighted by Gasteiger charge is 2.21.